The summed E-state index contributed by atoms with van der Waals surface area (Å²) in [5.74, 6) is -1.38. The lowest BCUT2D eigenvalue weighted by molar-refractivity contribution is -0.137. The van der Waals surface area contributed by atoms with Crippen LogP contribution in [0, 0.1) is 5.41 Å². The molecule has 0 heterocycles. The van der Waals surface area contributed by atoms with E-state index in [9.17, 15) is 4.79 Å². The Morgan fingerprint density at radius 3 is 2.22 bits per heavy atom. The average Bonchev–Trinajstić information content (AvgIpc) is 1.56. The zero-order chi connectivity index (χ0) is 9.28. The zero-order valence-corrected chi connectivity index (χ0v) is 6.06. The Labute approximate surface area is 58.7 Å². The van der Waals surface area contributed by atoms with Crippen molar-refractivity contribution in [3.63, 3.8) is 0 Å². The number of hydrogen-bond acceptors (Lipinski definition) is 1. The van der Waals surface area contributed by atoms with E-state index in [1.807, 2.05) is 20.8 Å². The van der Waals surface area contributed by atoms with Crippen molar-refractivity contribution in [2.45, 2.75) is 33.6 Å². The van der Waals surface area contributed by atoms with E-state index in [4.69, 9.17) is 7.85 Å². The summed E-state index contributed by atoms with van der Waals surface area (Å²) in [6.07, 6.45) is -2.06. The summed E-state index contributed by atoms with van der Waals surface area (Å²) in [5, 5.41) is 8.43. The maximum Gasteiger partial charge on any atom is 0.303 e. The van der Waals surface area contributed by atoms with Gasteiger partial charge in [-0.25, -0.2) is 0 Å². The van der Waals surface area contributed by atoms with Gasteiger partial charge < -0.3 is 5.11 Å². The van der Waals surface area contributed by atoms with Gasteiger partial charge in [0.25, 0.3) is 0 Å². The van der Waals surface area contributed by atoms with Gasteiger partial charge in [0.2, 0.25) is 0 Å². The van der Waals surface area contributed by atoms with Crippen LogP contribution in [0.4, 0.5) is 0 Å². The highest BCUT2D eigenvalue weighted by molar-refractivity contribution is 5.66. The Hall–Kier alpha value is -0.530. The zero-order valence-electron chi connectivity index (χ0n) is 8.06. The van der Waals surface area contributed by atoms with E-state index in [1.54, 1.807) is 0 Å². The highest BCUT2D eigenvalue weighted by Gasteiger charge is 2.11. The van der Waals surface area contributed by atoms with Crippen LogP contribution in [0.5, 0.6) is 0 Å². The second-order valence-electron chi connectivity index (χ2n) is 3.22. The van der Waals surface area contributed by atoms with Crippen molar-refractivity contribution in [3.8, 4) is 0 Å². The monoisotopic (exact) mass is 132 g/mol. The average molecular weight is 132 g/mol. The molecular weight excluding hydrogens is 116 g/mol. The topological polar surface area (TPSA) is 37.3 Å². The summed E-state index contributed by atoms with van der Waals surface area (Å²) < 4.78 is 14.2. The fraction of sp³-hybridized carbons (Fsp3) is 0.857. The Balaban J connectivity index is 4.25. The first-order valence-electron chi connectivity index (χ1n) is 3.88. The molecule has 0 aliphatic carbocycles. The lowest BCUT2D eigenvalue weighted by Gasteiger charge is -2.15. The van der Waals surface area contributed by atoms with Crippen LogP contribution >= 0.6 is 0 Å². The molecular formula is C7H14O2. The second-order valence-corrected chi connectivity index (χ2v) is 3.22. The molecule has 0 rings (SSSR count). The van der Waals surface area contributed by atoms with Crippen molar-refractivity contribution in [1.82, 2.24) is 0 Å². The van der Waals surface area contributed by atoms with Crippen molar-refractivity contribution in [2.75, 3.05) is 0 Å². The minimum Gasteiger partial charge on any atom is -0.481 e. The van der Waals surface area contributed by atoms with Crippen molar-refractivity contribution in [3.05, 3.63) is 0 Å². The molecule has 0 radical (unpaired) electrons. The molecule has 0 unspecified atom stereocenters. The van der Waals surface area contributed by atoms with E-state index in [-0.39, 0.29) is 11.8 Å². The molecule has 0 aromatic rings. The molecule has 9 heavy (non-hydrogen) atoms. The summed E-state index contributed by atoms with van der Waals surface area (Å²) >= 11 is 0. The van der Waals surface area contributed by atoms with Gasteiger partial charge in [-0.05, 0) is 11.8 Å². The molecule has 0 amide bonds. The third kappa shape index (κ3) is 7.47. The molecule has 0 fully saturated rings. The molecule has 0 spiro atoms. The predicted octanol–water partition coefficient (Wildman–Crippen LogP) is 1.90. The normalized spacial score (nSPS) is 16.3. The molecule has 0 bridgehead atoms. The fourth-order valence-corrected chi connectivity index (χ4v) is 0.341. The van der Waals surface area contributed by atoms with E-state index in [0.29, 0.717) is 0 Å². The van der Waals surface area contributed by atoms with Gasteiger partial charge in [-0.15, -0.1) is 0 Å². The van der Waals surface area contributed by atoms with Crippen molar-refractivity contribution in [1.29, 1.82) is 0 Å². The van der Waals surface area contributed by atoms with E-state index < -0.39 is 12.3 Å². The van der Waals surface area contributed by atoms with Gasteiger partial charge in [0.05, 0.1) is 0 Å². The van der Waals surface area contributed by atoms with Crippen molar-refractivity contribution < 1.29 is 12.6 Å². The standard InChI is InChI=1S/C7H14O2/c1-7(2,3)5-4-6(8)9/h4-5H2,1-3H3,(H,8,9)/i4D2. The van der Waals surface area contributed by atoms with Gasteiger partial charge in [0.1, 0.15) is 0 Å². The summed E-state index contributed by atoms with van der Waals surface area (Å²) in [5.41, 5.74) is -0.290. The van der Waals surface area contributed by atoms with E-state index in [1.165, 1.54) is 0 Å². The van der Waals surface area contributed by atoms with Crippen LogP contribution in [0.3, 0.4) is 0 Å². The molecule has 54 valence electrons. The van der Waals surface area contributed by atoms with Gasteiger partial charge in [0, 0.05) is 9.11 Å². The van der Waals surface area contributed by atoms with E-state index in [2.05, 4.69) is 0 Å². The fourth-order valence-electron chi connectivity index (χ4n) is 0.341. The molecule has 1 N–H and O–H groups in total. The number of carboxylic acids is 1. The van der Waals surface area contributed by atoms with Gasteiger partial charge in [-0.2, -0.15) is 0 Å². The maximum absolute atomic E-state index is 10.3. The van der Waals surface area contributed by atoms with Crippen LogP contribution in [0.25, 0.3) is 0 Å². The van der Waals surface area contributed by atoms with E-state index in [0.717, 1.165) is 0 Å². The third-order valence-electron chi connectivity index (χ3n) is 0.770. The molecule has 0 saturated heterocycles. The third-order valence-corrected chi connectivity index (χ3v) is 0.770. The molecule has 0 aliphatic heterocycles. The molecule has 2 heteroatoms. The van der Waals surface area contributed by atoms with Crippen molar-refractivity contribution >= 4 is 5.97 Å². The molecule has 0 aromatic heterocycles. The smallest absolute Gasteiger partial charge is 0.303 e. The molecule has 0 aromatic carbocycles. The van der Waals surface area contributed by atoms with Gasteiger partial charge in [-0.3, -0.25) is 4.79 Å². The van der Waals surface area contributed by atoms with E-state index >= 15 is 0 Å². The van der Waals surface area contributed by atoms with Crippen LogP contribution in [0.15, 0.2) is 0 Å². The van der Waals surface area contributed by atoms with Crippen LogP contribution in [0.2, 0.25) is 0 Å². The Morgan fingerprint density at radius 1 is 1.67 bits per heavy atom. The first kappa shape index (κ1) is 5.27. The first-order valence-corrected chi connectivity index (χ1v) is 2.88. The number of rotatable bonds is 2. The number of aliphatic carboxylic acids is 1. The number of carbonyl (C=O) groups is 1. The Kier molecular flexibility index (Phi) is 1.67. The summed E-state index contributed by atoms with van der Waals surface area (Å²) in [7, 11) is 0. The Bertz CT molecular complexity index is 158. The second kappa shape index (κ2) is 2.85. The summed E-state index contributed by atoms with van der Waals surface area (Å²) in [6, 6.07) is 0. The molecule has 0 atom stereocenters. The van der Waals surface area contributed by atoms with Gasteiger partial charge >= 0.3 is 5.97 Å². The lowest BCUT2D eigenvalue weighted by atomic mass is 9.91. The van der Waals surface area contributed by atoms with Crippen LogP contribution in [-0.4, -0.2) is 11.1 Å². The highest BCUT2D eigenvalue weighted by atomic mass is 16.4. The summed E-state index contributed by atoms with van der Waals surface area (Å²) in [4.78, 5) is 10.3. The van der Waals surface area contributed by atoms with Crippen LogP contribution < -0.4 is 0 Å². The predicted molar refractivity (Wildman–Crippen MR) is 36.3 cm³/mol. The lowest BCUT2D eigenvalue weighted by Crippen LogP contribution is -2.07. The summed E-state index contributed by atoms with van der Waals surface area (Å²) in [6.45, 7) is 5.44. The largest absolute Gasteiger partial charge is 0.481 e. The first-order chi connectivity index (χ1) is 4.65. The number of hydrogen-bond donors (Lipinski definition) is 1. The van der Waals surface area contributed by atoms with Gasteiger partial charge in [-0.1, -0.05) is 20.8 Å². The maximum atomic E-state index is 10.3. The molecule has 0 aliphatic rings. The van der Waals surface area contributed by atoms with Crippen LogP contribution in [-0.2, 0) is 4.79 Å². The minimum absolute atomic E-state index is 0.0370. The quantitative estimate of drug-likeness (QED) is 0.623. The minimum atomic E-state index is -2.10. The number of carboxylic acid groups (broad SMARTS) is 1. The van der Waals surface area contributed by atoms with Crippen molar-refractivity contribution in [2.24, 2.45) is 5.41 Å². The SMILES string of the molecule is [2H]C([2H])(CC(C)(C)C)C(=O)O. The van der Waals surface area contributed by atoms with Gasteiger partial charge in [0.15, 0.2) is 0 Å². The molecule has 2 nitrogen and oxygen atoms in total. The molecule has 0 saturated carbocycles. The highest BCUT2D eigenvalue weighted by Crippen LogP contribution is 2.19. The van der Waals surface area contributed by atoms with Crippen LogP contribution in [0.1, 0.15) is 36.3 Å². The Morgan fingerprint density at radius 2 is 2.11 bits per heavy atom.